The third kappa shape index (κ3) is 3.18. The van der Waals surface area contributed by atoms with Crippen LogP contribution in [-0.4, -0.2) is 8.80 Å². The van der Waals surface area contributed by atoms with E-state index in [9.17, 15) is 0 Å². The van der Waals surface area contributed by atoms with E-state index in [1.807, 2.05) is 6.07 Å². The van der Waals surface area contributed by atoms with Gasteiger partial charge in [0.05, 0.1) is 8.80 Å². The minimum Gasteiger partial charge on any atom is -0.0671 e. The summed E-state index contributed by atoms with van der Waals surface area (Å²) in [5.74, 6) is 0. The van der Waals surface area contributed by atoms with Gasteiger partial charge in [-0.15, -0.1) is 0 Å². The molecule has 0 saturated heterocycles. The average Bonchev–Trinajstić information content (AvgIpc) is 2.38. The lowest BCUT2D eigenvalue weighted by atomic mass is 10.1. The summed E-state index contributed by atoms with van der Waals surface area (Å²) in [6.07, 6.45) is 4.41. The summed E-state index contributed by atoms with van der Waals surface area (Å²) in [6.45, 7) is 4.67. The summed E-state index contributed by atoms with van der Waals surface area (Å²) in [7, 11) is -0.396. The van der Waals surface area contributed by atoms with Crippen molar-refractivity contribution in [2.24, 2.45) is 0 Å². The van der Waals surface area contributed by atoms with Gasteiger partial charge in [-0.25, -0.2) is 0 Å². The molecule has 0 aromatic heterocycles. The molecule has 0 amide bonds. The van der Waals surface area contributed by atoms with Crippen molar-refractivity contribution >= 4 is 26.1 Å². The zero-order chi connectivity index (χ0) is 12.1. The van der Waals surface area contributed by atoms with Crippen LogP contribution in [0.25, 0.3) is 12.2 Å². The van der Waals surface area contributed by atoms with E-state index in [-0.39, 0.29) is 0 Å². The van der Waals surface area contributed by atoms with Gasteiger partial charge in [-0.3, -0.25) is 0 Å². The van der Waals surface area contributed by atoms with Crippen LogP contribution in [0.1, 0.15) is 11.1 Å². The summed E-state index contributed by atoms with van der Waals surface area (Å²) >= 11 is 0. The van der Waals surface area contributed by atoms with Gasteiger partial charge in [0.15, 0.2) is 0 Å². The number of hydrogen-bond donors (Lipinski definition) is 0. The highest BCUT2D eigenvalue weighted by Crippen LogP contribution is 2.07. The molecule has 0 aliphatic rings. The van der Waals surface area contributed by atoms with Crippen molar-refractivity contribution in [2.75, 3.05) is 0 Å². The predicted octanol–water partition coefficient (Wildman–Crippen LogP) is 3.82. The van der Waals surface area contributed by atoms with Crippen LogP contribution in [0.15, 0.2) is 54.6 Å². The van der Waals surface area contributed by atoms with Gasteiger partial charge in [0.1, 0.15) is 0 Å². The van der Waals surface area contributed by atoms with Gasteiger partial charge in [-0.1, -0.05) is 85.0 Å². The second-order valence-corrected chi connectivity index (χ2v) is 6.87. The molecule has 0 fully saturated rings. The number of rotatable bonds is 3. The molecule has 0 aliphatic heterocycles. The van der Waals surface area contributed by atoms with E-state index in [1.165, 1.54) is 16.3 Å². The quantitative estimate of drug-likeness (QED) is 0.562. The zero-order valence-corrected chi connectivity index (χ0v) is 11.4. The Kier molecular flexibility index (Phi) is 3.94. The van der Waals surface area contributed by atoms with E-state index in [4.69, 9.17) is 0 Å². The fourth-order valence-corrected chi connectivity index (χ4v) is 3.02. The average molecular weight is 237 g/mol. The van der Waals surface area contributed by atoms with Crippen molar-refractivity contribution in [3.63, 3.8) is 0 Å². The van der Waals surface area contributed by atoms with Crippen molar-refractivity contribution in [2.45, 2.75) is 13.1 Å². The Morgan fingerprint density at radius 1 is 0.765 bits per heavy atom. The van der Waals surface area contributed by atoms with E-state index in [0.717, 1.165) is 0 Å². The molecule has 0 nitrogen and oxygen atoms in total. The van der Waals surface area contributed by atoms with Crippen LogP contribution >= 0.6 is 0 Å². The van der Waals surface area contributed by atoms with Crippen molar-refractivity contribution in [3.8, 4) is 0 Å². The molecule has 1 radical (unpaired) electrons. The normalized spacial score (nSPS) is 11.2. The highest BCUT2D eigenvalue weighted by atomic mass is 28.3. The molecule has 17 heavy (non-hydrogen) atoms. The fourth-order valence-electron chi connectivity index (χ4n) is 1.85. The summed E-state index contributed by atoms with van der Waals surface area (Å²) in [4.78, 5) is 0. The van der Waals surface area contributed by atoms with E-state index in [1.54, 1.807) is 0 Å². The van der Waals surface area contributed by atoms with Gasteiger partial charge in [0.25, 0.3) is 0 Å². The van der Waals surface area contributed by atoms with Crippen LogP contribution in [-0.2, 0) is 0 Å². The standard InChI is InChI=1S/C16H17Si/c1-17(2)16-11-7-6-10-15(16)13-12-14-8-4-3-5-9-14/h3-13H,1-2H3. The molecule has 2 aromatic carbocycles. The Hall–Kier alpha value is -1.60. The van der Waals surface area contributed by atoms with E-state index in [2.05, 4.69) is 73.8 Å². The molecule has 0 unspecified atom stereocenters. The number of benzene rings is 2. The Balaban J connectivity index is 2.27. The van der Waals surface area contributed by atoms with E-state index < -0.39 is 8.80 Å². The van der Waals surface area contributed by atoms with E-state index in [0.29, 0.717) is 0 Å². The van der Waals surface area contributed by atoms with Crippen LogP contribution < -0.4 is 5.19 Å². The molecule has 0 atom stereocenters. The molecule has 2 rings (SSSR count). The second-order valence-electron chi connectivity index (χ2n) is 4.33. The summed E-state index contributed by atoms with van der Waals surface area (Å²) in [5.41, 5.74) is 2.61. The first kappa shape index (κ1) is 11.9. The molecule has 0 bridgehead atoms. The maximum Gasteiger partial charge on any atom is 0.0799 e. The molecule has 0 N–H and O–H groups in total. The molecule has 0 aliphatic carbocycles. The highest BCUT2D eigenvalue weighted by Gasteiger charge is 2.03. The maximum absolute atomic E-state index is 2.33. The Morgan fingerprint density at radius 2 is 1.41 bits per heavy atom. The van der Waals surface area contributed by atoms with Crippen LogP contribution in [0.5, 0.6) is 0 Å². The van der Waals surface area contributed by atoms with Gasteiger partial charge in [0, 0.05) is 0 Å². The molecule has 0 heterocycles. The lowest BCUT2D eigenvalue weighted by molar-refractivity contribution is 1.66. The van der Waals surface area contributed by atoms with Crippen molar-refractivity contribution < 1.29 is 0 Å². The smallest absolute Gasteiger partial charge is 0.0671 e. The van der Waals surface area contributed by atoms with Crippen LogP contribution in [0.2, 0.25) is 13.1 Å². The van der Waals surface area contributed by atoms with Crippen LogP contribution in [0.3, 0.4) is 0 Å². The molecule has 0 spiro atoms. The first-order valence-corrected chi connectivity index (χ1v) is 8.40. The summed E-state index contributed by atoms with van der Waals surface area (Å²) in [6, 6.07) is 19.1. The lowest BCUT2D eigenvalue weighted by Crippen LogP contribution is -2.24. The van der Waals surface area contributed by atoms with Gasteiger partial charge in [-0.05, 0) is 11.1 Å². The Labute approximate surface area is 105 Å². The highest BCUT2D eigenvalue weighted by molar-refractivity contribution is 6.71. The van der Waals surface area contributed by atoms with E-state index >= 15 is 0 Å². The third-order valence-electron chi connectivity index (χ3n) is 2.75. The largest absolute Gasteiger partial charge is 0.0799 e. The molecule has 85 valence electrons. The minimum atomic E-state index is -0.396. The van der Waals surface area contributed by atoms with Crippen molar-refractivity contribution in [1.29, 1.82) is 0 Å². The molecule has 0 saturated carbocycles. The zero-order valence-electron chi connectivity index (χ0n) is 10.4. The first-order valence-electron chi connectivity index (χ1n) is 5.90. The predicted molar refractivity (Wildman–Crippen MR) is 78.9 cm³/mol. The monoisotopic (exact) mass is 237 g/mol. The molecule has 2 aromatic rings. The lowest BCUT2D eigenvalue weighted by Gasteiger charge is -2.07. The topological polar surface area (TPSA) is 0 Å². The third-order valence-corrected chi connectivity index (χ3v) is 4.29. The maximum atomic E-state index is 2.33. The Morgan fingerprint density at radius 3 is 2.12 bits per heavy atom. The van der Waals surface area contributed by atoms with Crippen molar-refractivity contribution in [3.05, 3.63) is 65.7 Å². The number of hydrogen-bond acceptors (Lipinski definition) is 0. The Bertz CT molecular complexity index is 498. The van der Waals surface area contributed by atoms with Crippen molar-refractivity contribution in [1.82, 2.24) is 0 Å². The SMILES string of the molecule is C[Si](C)c1ccccc1C=Cc1ccccc1. The van der Waals surface area contributed by atoms with Gasteiger partial charge < -0.3 is 0 Å². The molecular weight excluding hydrogens is 220 g/mol. The van der Waals surface area contributed by atoms with Crippen LogP contribution in [0.4, 0.5) is 0 Å². The molecular formula is C16H17Si. The van der Waals surface area contributed by atoms with Gasteiger partial charge in [0.2, 0.25) is 0 Å². The molecule has 1 heteroatoms. The summed E-state index contributed by atoms with van der Waals surface area (Å²) < 4.78 is 0. The second kappa shape index (κ2) is 5.64. The summed E-state index contributed by atoms with van der Waals surface area (Å²) in [5, 5.41) is 1.50. The van der Waals surface area contributed by atoms with Gasteiger partial charge in [-0.2, -0.15) is 0 Å². The van der Waals surface area contributed by atoms with Crippen LogP contribution in [0, 0.1) is 0 Å². The first-order chi connectivity index (χ1) is 8.27. The fraction of sp³-hybridized carbons (Fsp3) is 0.125. The minimum absolute atomic E-state index is 0.396. The van der Waals surface area contributed by atoms with Gasteiger partial charge >= 0.3 is 0 Å².